The molecule has 0 saturated heterocycles. The summed E-state index contributed by atoms with van der Waals surface area (Å²) in [6.45, 7) is 0. The molecule has 3 aromatic rings. The van der Waals surface area contributed by atoms with Gasteiger partial charge in [-0.2, -0.15) is 5.26 Å². The number of aryl methyl sites for hydroxylation is 1. The predicted molar refractivity (Wildman–Crippen MR) is 107 cm³/mol. The van der Waals surface area contributed by atoms with Crippen LogP contribution in [0.1, 0.15) is 41.2 Å². The second kappa shape index (κ2) is 7.89. The Hall–Kier alpha value is -3.72. The lowest BCUT2D eigenvalue weighted by Gasteiger charge is -2.27. The largest absolute Gasteiger partial charge is 0.486 e. The maximum Gasteiger partial charge on any atom is 0.124 e. The van der Waals surface area contributed by atoms with Gasteiger partial charge in [-0.25, -0.2) is 9.97 Å². The first-order chi connectivity index (χ1) is 13.8. The monoisotopic (exact) mass is 369 g/mol. The Labute approximate surface area is 163 Å². The zero-order chi connectivity index (χ0) is 19.3. The Kier molecular flexibility index (Phi) is 4.98. The summed E-state index contributed by atoms with van der Waals surface area (Å²) in [6.07, 6.45) is 9.01. The Bertz CT molecular complexity index is 1040. The van der Waals surface area contributed by atoms with Crippen LogP contribution < -0.4 is 10.1 Å². The van der Waals surface area contributed by atoms with Crippen molar-refractivity contribution in [1.82, 2.24) is 9.97 Å². The number of nitrogens with zero attached hydrogens (tertiary/aromatic N) is 3. The number of benzene rings is 2. The third-order valence-corrected chi connectivity index (χ3v) is 4.83. The molecule has 2 N–H and O–H groups in total. The van der Waals surface area contributed by atoms with Crippen LogP contribution in [0.15, 0.2) is 55.1 Å². The van der Waals surface area contributed by atoms with E-state index in [1.165, 1.54) is 18.1 Å². The van der Waals surface area contributed by atoms with E-state index in [2.05, 4.69) is 21.4 Å². The van der Waals surface area contributed by atoms with Gasteiger partial charge in [0.1, 0.15) is 18.2 Å². The minimum absolute atomic E-state index is 0.0461. The first kappa shape index (κ1) is 17.7. The van der Waals surface area contributed by atoms with Gasteiger partial charge in [0.15, 0.2) is 0 Å². The van der Waals surface area contributed by atoms with Crippen molar-refractivity contribution in [3.8, 4) is 11.8 Å². The summed E-state index contributed by atoms with van der Waals surface area (Å²) in [5.74, 6) is 0.729. The zero-order valence-electron chi connectivity index (χ0n) is 15.2. The molecule has 0 spiro atoms. The highest BCUT2D eigenvalue weighted by atomic mass is 16.5. The molecular weight excluding hydrogens is 350 g/mol. The normalized spacial score (nSPS) is 15.2. The molecule has 1 heterocycles. The third-order valence-electron chi connectivity index (χ3n) is 4.83. The van der Waals surface area contributed by atoms with E-state index in [9.17, 15) is 0 Å². The number of nitrogens with one attached hydrogen (secondary N) is 2. The third kappa shape index (κ3) is 3.69. The molecule has 0 saturated carbocycles. The summed E-state index contributed by atoms with van der Waals surface area (Å²) in [7, 11) is 0. The number of nitriles is 1. The van der Waals surface area contributed by atoms with Crippen LogP contribution >= 0.6 is 0 Å². The van der Waals surface area contributed by atoms with Gasteiger partial charge in [-0.15, -0.1) is 0 Å². The Balaban J connectivity index is 1.60. The fourth-order valence-electron chi connectivity index (χ4n) is 3.49. The van der Waals surface area contributed by atoms with Crippen molar-refractivity contribution in [2.45, 2.75) is 25.4 Å². The topological polar surface area (TPSA) is 94.7 Å². The molecular formula is C22H19N5O. The number of rotatable bonds is 5. The summed E-state index contributed by atoms with van der Waals surface area (Å²) in [5.41, 5.74) is 5.27. The molecule has 1 atom stereocenters. The molecule has 0 fully saturated rings. The molecule has 0 amide bonds. The van der Waals surface area contributed by atoms with E-state index < -0.39 is 0 Å². The minimum atomic E-state index is -0.0461. The summed E-state index contributed by atoms with van der Waals surface area (Å²) in [6, 6.07) is 13.7. The van der Waals surface area contributed by atoms with Crippen molar-refractivity contribution in [1.29, 1.82) is 10.7 Å². The standard InChI is InChI=1S/C22H19N5O/c23-10-15-4-7-20-16(8-15)2-1-3-22(20)28-19-6-5-17(11-24)21(9-19)27-18-12-25-14-26-13-18/h4-9,11-14,22,24,27H,1-3H2. The number of ether oxygens (including phenoxy) is 1. The summed E-state index contributed by atoms with van der Waals surface area (Å²) >= 11 is 0. The van der Waals surface area contributed by atoms with Crippen molar-refractivity contribution in [2.24, 2.45) is 0 Å². The molecule has 0 radical (unpaired) electrons. The molecule has 0 aliphatic heterocycles. The second-order valence-corrected chi connectivity index (χ2v) is 6.67. The number of hydrogen-bond acceptors (Lipinski definition) is 6. The van der Waals surface area contributed by atoms with Crippen LogP contribution in [0, 0.1) is 16.7 Å². The van der Waals surface area contributed by atoms with Crippen LogP contribution in [-0.4, -0.2) is 16.2 Å². The maximum atomic E-state index is 9.13. The van der Waals surface area contributed by atoms with Gasteiger partial charge in [0.2, 0.25) is 0 Å². The molecule has 0 bridgehead atoms. The molecule has 1 aliphatic rings. The van der Waals surface area contributed by atoms with E-state index in [-0.39, 0.29) is 6.10 Å². The van der Waals surface area contributed by atoms with E-state index >= 15 is 0 Å². The van der Waals surface area contributed by atoms with Gasteiger partial charge in [0, 0.05) is 17.8 Å². The Morgan fingerprint density at radius 1 is 1.18 bits per heavy atom. The molecule has 1 aliphatic carbocycles. The lowest BCUT2D eigenvalue weighted by molar-refractivity contribution is 0.183. The fourth-order valence-corrected chi connectivity index (χ4v) is 3.49. The van der Waals surface area contributed by atoms with Gasteiger partial charge in [0.25, 0.3) is 0 Å². The molecule has 4 rings (SSSR count). The van der Waals surface area contributed by atoms with Gasteiger partial charge in [-0.05, 0) is 54.7 Å². The highest BCUT2D eigenvalue weighted by Gasteiger charge is 2.22. The number of fused-ring (bicyclic) bond motifs is 1. The van der Waals surface area contributed by atoms with Crippen LogP contribution in [0.4, 0.5) is 11.4 Å². The van der Waals surface area contributed by atoms with E-state index in [1.807, 2.05) is 36.4 Å². The summed E-state index contributed by atoms with van der Waals surface area (Å²) in [4.78, 5) is 8.01. The predicted octanol–water partition coefficient (Wildman–Crippen LogP) is 4.55. The Morgan fingerprint density at radius 2 is 2.04 bits per heavy atom. The van der Waals surface area contributed by atoms with Crippen molar-refractivity contribution in [3.63, 3.8) is 0 Å². The lowest BCUT2D eigenvalue weighted by atomic mass is 9.88. The van der Waals surface area contributed by atoms with Crippen LogP contribution in [0.3, 0.4) is 0 Å². The smallest absolute Gasteiger partial charge is 0.124 e. The average molecular weight is 369 g/mol. The van der Waals surface area contributed by atoms with E-state index in [4.69, 9.17) is 15.4 Å². The van der Waals surface area contributed by atoms with Crippen molar-refractivity contribution in [2.75, 3.05) is 5.32 Å². The van der Waals surface area contributed by atoms with Crippen LogP contribution in [0.2, 0.25) is 0 Å². The van der Waals surface area contributed by atoms with E-state index in [1.54, 1.807) is 12.4 Å². The minimum Gasteiger partial charge on any atom is -0.486 e. The van der Waals surface area contributed by atoms with E-state index in [0.29, 0.717) is 5.56 Å². The molecule has 2 aromatic carbocycles. The van der Waals surface area contributed by atoms with Crippen LogP contribution in [-0.2, 0) is 6.42 Å². The number of hydrogen-bond donors (Lipinski definition) is 2. The molecule has 138 valence electrons. The summed E-state index contributed by atoms with van der Waals surface area (Å²) < 4.78 is 6.30. The highest BCUT2D eigenvalue weighted by molar-refractivity contribution is 5.87. The van der Waals surface area contributed by atoms with Gasteiger partial charge in [-0.1, -0.05) is 6.07 Å². The number of aromatic nitrogens is 2. The zero-order valence-corrected chi connectivity index (χ0v) is 15.2. The van der Waals surface area contributed by atoms with Gasteiger partial charge in [0.05, 0.1) is 35.4 Å². The van der Waals surface area contributed by atoms with Gasteiger partial charge < -0.3 is 15.5 Å². The second-order valence-electron chi connectivity index (χ2n) is 6.67. The summed E-state index contributed by atoms with van der Waals surface area (Å²) in [5, 5.41) is 20.0. The quantitative estimate of drug-likeness (QED) is 0.644. The molecule has 28 heavy (non-hydrogen) atoms. The average Bonchev–Trinajstić information content (AvgIpc) is 2.74. The van der Waals surface area contributed by atoms with Crippen molar-refractivity contribution < 1.29 is 4.74 Å². The Morgan fingerprint density at radius 3 is 2.82 bits per heavy atom. The van der Waals surface area contributed by atoms with Gasteiger partial charge in [-0.3, -0.25) is 0 Å². The molecule has 6 heteroatoms. The molecule has 6 nitrogen and oxygen atoms in total. The first-order valence-electron chi connectivity index (χ1n) is 9.13. The lowest BCUT2D eigenvalue weighted by Crippen LogP contribution is -2.15. The van der Waals surface area contributed by atoms with Crippen LogP contribution in [0.25, 0.3) is 0 Å². The van der Waals surface area contributed by atoms with Crippen molar-refractivity contribution in [3.05, 3.63) is 77.4 Å². The molecule has 1 unspecified atom stereocenters. The van der Waals surface area contributed by atoms with Crippen molar-refractivity contribution >= 4 is 17.6 Å². The number of anilines is 2. The molecule has 1 aromatic heterocycles. The fraction of sp³-hybridized carbons (Fsp3) is 0.182. The SMILES string of the molecule is N#Cc1ccc2c(c1)CCCC2Oc1ccc(C=N)c(Nc2cncnc2)c1. The van der Waals surface area contributed by atoms with E-state index in [0.717, 1.165) is 47.5 Å². The van der Waals surface area contributed by atoms with Gasteiger partial charge >= 0.3 is 0 Å². The highest BCUT2D eigenvalue weighted by Crippen LogP contribution is 2.35. The van der Waals surface area contributed by atoms with Crippen LogP contribution in [0.5, 0.6) is 5.75 Å². The first-order valence-corrected chi connectivity index (χ1v) is 9.13. The maximum absolute atomic E-state index is 9.13.